The van der Waals surface area contributed by atoms with Gasteiger partial charge in [-0.2, -0.15) is 13.2 Å². The first kappa shape index (κ1) is 15.2. The first-order valence-electron chi connectivity index (χ1n) is 5.39. The fourth-order valence-corrected chi connectivity index (χ4v) is 1.25. The second-order valence-corrected chi connectivity index (χ2v) is 3.64. The third-order valence-electron chi connectivity index (χ3n) is 2.09. The molecule has 0 aliphatic heterocycles. The summed E-state index contributed by atoms with van der Waals surface area (Å²) in [5, 5.41) is 2.74. The second kappa shape index (κ2) is 7.49. The summed E-state index contributed by atoms with van der Waals surface area (Å²) in [4.78, 5) is 12.4. The number of carbonyl (C=O) groups excluding carboxylic acids is 1. The Labute approximate surface area is 94.0 Å². The Kier molecular flexibility index (Phi) is 7.12. The van der Waals surface area contributed by atoms with Gasteiger partial charge in [0.15, 0.2) is 0 Å². The van der Waals surface area contributed by atoms with Crippen LogP contribution in [-0.2, 0) is 4.79 Å². The maximum atomic E-state index is 12.2. The third kappa shape index (κ3) is 7.50. The van der Waals surface area contributed by atoms with Crippen molar-refractivity contribution in [2.45, 2.75) is 32.4 Å². The molecule has 0 heterocycles. The topological polar surface area (TPSA) is 32.3 Å². The van der Waals surface area contributed by atoms with Crippen molar-refractivity contribution >= 4 is 5.91 Å². The van der Waals surface area contributed by atoms with Gasteiger partial charge in [-0.1, -0.05) is 13.3 Å². The van der Waals surface area contributed by atoms with E-state index in [1.807, 2.05) is 6.92 Å². The molecule has 1 N–H and O–H groups in total. The van der Waals surface area contributed by atoms with Gasteiger partial charge >= 0.3 is 6.18 Å². The normalized spacial score (nSPS) is 11.6. The molecule has 0 fully saturated rings. The smallest absolute Gasteiger partial charge is 0.334 e. The Morgan fingerprint density at radius 2 is 2.00 bits per heavy atom. The van der Waals surface area contributed by atoms with E-state index >= 15 is 0 Å². The summed E-state index contributed by atoms with van der Waals surface area (Å²) in [6.45, 7) is 1.32. The van der Waals surface area contributed by atoms with Crippen molar-refractivity contribution in [1.29, 1.82) is 0 Å². The van der Waals surface area contributed by atoms with Gasteiger partial charge in [0, 0.05) is 19.5 Å². The fourth-order valence-electron chi connectivity index (χ4n) is 1.25. The van der Waals surface area contributed by atoms with Crippen LogP contribution >= 0.6 is 0 Å². The molecule has 0 spiro atoms. The lowest BCUT2D eigenvalue weighted by Gasteiger charge is -2.23. The zero-order valence-electron chi connectivity index (χ0n) is 9.73. The number of hydrogen-bond donors (Lipinski definition) is 1. The molecule has 0 saturated carbocycles. The quantitative estimate of drug-likeness (QED) is 0.735. The number of hydrogen-bond acceptors (Lipinski definition) is 2. The monoisotopic (exact) mass is 240 g/mol. The summed E-state index contributed by atoms with van der Waals surface area (Å²) in [7, 11) is 1.66. The number of nitrogens with zero attached hydrogens (tertiary/aromatic N) is 1. The average Bonchev–Trinajstić information content (AvgIpc) is 2.19. The van der Waals surface area contributed by atoms with Crippen LogP contribution in [0.1, 0.15) is 26.2 Å². The molecule has 0 unspecified atom stereocenters. The Morgan fingerprint density at radius 3 is 2.44 bits per heavy atom. The highest BCUT2D eigenvalue weighted by Crippen LogP contribution is 2.17. The van der Waals surface area contributed by atoms with Gasteiger partial charge in [0.2, 0.25) is 5.91 Å². The first-order chi connectivity index (χ1) is 7.40. The van der Waals surface area contributed by atoms with Crippen molar-refractivity contribution < 1.29 is 18.0 Å². The SMILES string of the molecule is CCCCN(CC(F)(F)F)C(=O)CCNC. The van der Waals surface area contributed by atoms with Gasteiger partial charge < -0.3 is 10.2 Å². The number of carbonyl (C=O) groups is 1. The fraction of sp³-hybridized carbons (Fsp3) is 0.900. The van der Waals surface area contributed by atoms with Crippen molar-refractivity contribution in [2.75, 3.05) is 26.7 Å². The molecule has 1 amide bonds. The first-order valence-corrected chi connectivity index (χ1v) is 5.39. The molecule has 6 heteroatoms. The van der Waals surface area contributed by atoms with Crippen LogP contribution in [0.15, 0.2) is 0 Å². The minimum absolute atomic E-state index is 0.107. The zero-order chi connectivity index (χ0) is 12.6. The Bertz CT molecular complexity index is 207. The van der Waals surface area contributed by atoms with Crippen molar-refractivity contribution in [3.05, 3.63) is 0 Å². The molecular weight excluding hydrogens is 221 g/mol. The zero-order valence-corrected chi connectivity index (χ0v) is 9.73. The average molecular weight is 240 g/mol. The standard InChI is InChI=1S/C10H19F3N2O/c1-3-4-7-15(8-10(11,12)13)9(16)5-6-14-2/h14H,3-8H2,1-2H3. The minimum Gasteiger partial charge on any atom is -0.334 e. The number of halogens is 3. The molecule has 0 aliphatic rings. The Hall–Kier alpha value is -0.780. The molecule has 3 nitrogen and oxygen atoms in total. The largest absolute Gasteiger partial charge is 0.406 e. The summed E-state index contributed by atoms with van der Waals surface area (Å²) in [6, 6.07) is 0. The summed E-state index contributed by atoms with van der Waals surface area (Å²) >= 11 is 0. The van der Waals surface area contributed by atoms with Gasteiger partial charge in [-0.3, -0.25) is 4.79 Å². The molecule has 96 valence electrons. The van der Waals surface area contributed by atoms with Gasteiger partial charge in [0.05, 0.1) is 0 Å². The molecule has 0 bridgehead atoms. The van der Waals surface area contributed by atoms with Crippen LogP contribution in [0.5, 0.6) is 0 Å². The molecule has 0 saturated heterocycles. The van der Waals surface area contributed by atoms with E-state index in [0.717, 1.165) is 11.3 Å². The lowest BCUT2D eigenvalue weighted by Crippen LogP contribution is -2.40. The van der Waals surface area contributed by atoms with Gasteiger partial charge in [-0.05, 0) is 13.5 Å². The molecule has 0 aromatic rings. The van der Waals surface area contributed by atoms with E-state index in [1.54, 1.807) is 7.05 Å². The van der Waals surface area contributed by atoms with Crippen LogP contribution in [0.25, 0.3) is 0 Å². The van der Waals surface area contributed by atoms with Crippen LogP contribution in [0, 0.1) is 0 Å². The predicted octanol–water partition coefficient (Wildman–Crippen LogP) is 1.79. The summed E-state index contributed by atoms with van der Waals surface area (Å²) in [5.41, 5.74) is 0. The van der Waals surface area contributed by atoms with E-state index in [4.69, 9.17) is 0 Å². The summed E-state index contributed by atoms with van der Waals surface area (Å²) in [5.74, 6) is -0.444. The highest BCUT2D eigenvalue weighted by Gasteiger charge is 2.32. The third-order valence-corrected chi connectivity index (χ3v) is 2.09. The van der Waals surface area contributed by atoms with Crippen molar-refractivity contribution in [2.24, 2.45) is 0 Å². The Morgan fingerprint density at radius 1 is 1.38 bits per heavy atom. The second-order valence-electron chi connectivity index (χ2n) is 3.64. The molecule has 0 aromatic heterocycles. The molecule has 16 heavy (non-hydrogen) atoms. The molecule has 0 aromatic carbocycles. The van der Waals surface area contributed by atoms with E-state index in [-0.39, 0.29) is 13.0 Å². The van der Waals surface area contributed by atoms with E-state index < -0.39 is 18.6 Å². The van der Waals surface area contributed by atoms with E-state index in [2.05, 4.69) is 5.32 Å². The van der Waals surface area contributed by atoms with E-state index in [0.29, 0.717) is 13.0 Å². The Balaban J connectivity index is 4.23. The van der Waals surface area contributed by atoms with Crippen LogP contribution in [0.3, 0.4) is 0 Å². The number of amides is 1. The molecule has 0 rings (SSSR count). The maximum Gasteiger partial charge on any atom is 0.406 e. The highest BCUT2D eigenvalue weighted by molar-refractivity contribution is 5.76. The number of alkyl halides is 3. The van der Waals surface area contributed by atoms with Crippen LogP contribution in [0.2, 0.25) is 0 Å². The number of nitrogens with one attached hydrogen (secondary N) is 1. The van der Waals surface area contributed by atoms with Gasteiger partial charge in [0.1, 0.15) is 6.54 Å². The van der Waals surface area contributed by atoms with Gasteiger partial charge in [0.25, 0.3) is 0 Å². The highest BCUT2D eigenvalue weighted by atomic mass is 19.4. The van der Waals surface area contributed by atoms with Crippen molar-refractivity contribution in [3.8, 4) is 0 Å². The van der Waals surface area contributed by atoms with Crippen LogP contribution in [-0.4, -0.2) is 43.7 Å². The van der Waals surface area contributed by atoms with Gasteiger partial charge in [-0.25, -0.2) is 0 Å². The van der Waals surface area contributed by atoms with Crippen LogP contribution < -0.4 is 5.32 Å². The molecular formula is C10H19F3N2O. The molecule has 0 atom stereocenters. The minimum atomic E-state index is -4.32. The molecule has 0 aliphatic carbocycles. The number of unbranched alkanes of at least 4 members (excludes halogenated alkanes) is 1. The van der Waals surface area contributed by atoms with Crippen molar-refractivity contribution in [3.63, 3.8) is 0 Å². The van der Waals surface area contributed by atoms with Gasteiger partial charge in [-0.15, -0.1) is 0 Å². The van der Waals surface area contributed by atoms with Crippen LogP contribution in [0.4, 0.5) is 13.2 Å². The van der Waals surface area contributed by atoms with E-state index in [9.17, 15) is 18.0 Å². The summed E-state index contributed by atoms with van der Waals surface area (Å²) in [6.07, 6.45) is -2.84. The lowest BCUT2D eigenvalue weighted by molar-refractivity contribution is -0.161. The summed E-state index contributed by atoms with van der Waals surface area (Å²) < 4.78 is 36.6. The number of rotatable bonds is 7. The lowest BCUT2D eigenvalue weighted by atomic mass is 10.2. The molecule has 0 radical (unpaired) electrons. The predicted molar refractivity (Wildman–Crippen MR) is 56.1 cm³/mol. The van der Waals surface area contributed by atoms with E-state index in [1.165, 1.54) is 0 Å². The van der Waals surface area contributed by atoms with Crippen molar-refractivity contribution in [1.82, 2.24) is 10.2 Å². The maximum absolute atomic E-state index is 12.2.